The number of nitrogens with zero attached hydrogens (tertiary/aromatic N) is 2. The molecule has 0 N–H and O–H groups in total. The van der Waals surface area contributed by atoms with E-state index in [1.807, 2.05) is 6.07 Å². The van der Waals surface area contributed by atoms with Crippen molar-refractivity contribution in [2.75, 3.05) is 0 Å². The highest BCUT2D eigenvalue weighted by molar-refractivity contribution is 6.01. The molecule has 1 saturated heterocycles. The monoisotopic (exact) mass is 302 g/mol. The van der Waals surface area contributed by atoms with Crippen LogP contribution in [0.5, 0.6) is 0 Å². The van der Waals surface area contributed by atoms with Crippen LogP contribution in [-0.2, 0) is 4.74 Å². The Bertz CT molecular complexity index is 1040. The molecule has 0 saturated carbocycles. The number of pyridine rings is 2. The minimum atomic E-state index is -0.0765. The molecule has 3 nitrogen and oxygen atoms in total. The molecule has 1 unspecified atom stereocenters. The van der Waals surface area contributed by atoms with Crippen molar-refractivity contribution in [1.82, 2.24) is 9.38 Å². The molecule has 2 aromatic rings. The lowest BCUT2D eigenvalue weighted by Crippen LogP contribution is -2.05. The Kier molecular flexibility index (Phi) is 2.34. The Balaban J connectivity index is 1.88. The first-order valence-electron chi connectivity index (χ1n) is 8.02. The molecular weight excluding hydrogens is 284 g/mol. The molecule has 4 heterocycles. The molecule has 114 valence electrons. The predicted molar refractivity (Wildman–Crippen MR) is 92.0 cm³/mol. The van der Waals surface area contributed by atoms with Gasteiger partial charge in [0.15, 0.2) is 0 Å². The fourth-order valence-corrected chi connectivity index (χ4v) is 3.63. The average Bonchev–Trinajstić information content (AvgIpc) is 3.00. The van der Waals surface area contributed by atoms with Crippen LogP contribution >= 0.6 is 0 Å². The molecule has 0 amide bonds. The van der Waals surface area contributed by atoms with Crippen LogP contribution in [0, 0.1) is 6.92 Å². The van der Waals surface area contributed by atoms with Crippen LogP contribution in [0.4, 0.5) is 0 Å². The summed E-state index contributed by atoms with van der Waals surface area (Å²) in [7, 11) is 0. The van der Waals surface area contributed by atoms with E-state index < -0.39 is 0 Å². The van der Waals surface area contributed by atoms with Crippen LogP contribution in [0.2, 0.25) is 0 Å². The zero-order valence-corrected chi connectivity index (χ0v) is 13.5. The molecule has 1 aromatic carbocycles. The minimum absolute atomic E-state index is 0.0765. The molecule has 0 spiro atoms. The van der Waals surface area contributed by atoms with E-state index in [0.717, 1.165) is 16.7 Å². The summed E-state index contributed by atoms with van der Waals surface area (Å²) in [4.78, 5) is 4.88. The highest BCUT2D eigenvalue weighted by atomic mass is 16.6. The predicted octanol–water partition coefficient (Wildman–Crippen LogP) is 4.75. The van der Waals surface area contributed by atoms with E-state index in [1.165, 1.54) is 22.2 Å². The van der Waals surface area contributed by atoms with Gasteiger partial charge in [-0.05, 0) is 50.6 Å². The van der Waals surface area contributed by atoms with Crippen molar-refractivity contribution in [1.29, 1.82) is 0 Å². The third-order valence-corrected chi connectivity index (χ3v) is 4.86. The summed E-state index contributed by atoms with van der Waals surface area (Å²) in [5.74, 6) is 0. The fourth-order valence-electron chi connectivity index (χ4n) is 3.63. The fraction of sp³-hybridized carbons (Fsp3) is 0.250. The van der Waals surface area contributed by atoms with E-state index in [4.69, 9.17) is 9.72 Å². The van der Waals surface area contributed by atoms with Crippen LogP contribution < -0.4 is 0 Å². The van der Waals surface area contributed by atoms with Gasteiger partial charge in [-0.15, -0.1) is 0 Å². The van der Waals surface area contributed by atoms with Gasteiger partial charge in [0.05, 0.1) is 28.0 Å². The second-order valence-electron chi connectivity index (χ2n) is 7.02. The molecule has 3 heteroatoms. The number of aryl methyl sites for hydroxylation is 1. The Labute approximate surface area is 134 Å². The van der Waals surface area contributed by atoms with Gasteiger partial charge >= 0.3 is 0 Å². The van der Waals surface area contributed by atoms with Gasteiger partial charge in [-0.3, -0.25) is 0 Å². The lowest BCUT2D eigenvalue weighted by atomic mass is 10.0. The number of benzene rings is 1. The number of epoxide rings is 1. The summed E-state index contributed by atoms with van der Waals surface area (Å²) >= 11 is 0. The number of hydrogen-bond donors (Lipinski definition) is 0. The van der Waals surface area contributed by atoms with Crippen LogP contribution in [0.1, 0.15) is 31.2 Å². The topological polar surface area (TPSA) is 29.8 Å². The molecule has 5 rings (SSSR count). The second-order valence-corrected chi connectivity index (χ2v) is 7.02. The van der Waals surface area contributed by atoms with Gasteiger partial charge in [0.2, 0.25) is 0 Å². The molecule has 0 aliphatic carbocycles. The summed E-state index contributed by atoms with van der Waals surface area (Å²) in [5, 5.41) is 1.22. The minimum Gasteiger partial charge on any atom is -0.360 e. The Morgan fingerprint density at radius 3 is 2.70 bits per heavy atom. The van der Waals surface area contributed by atoms with E-state index in [1.54, 1.807) is 0 Å². The van der Waals surface area contributed by atoms with Crippen molar-refractivity contribution >= 4 is 16.4 Å². The van der Waals surface area contributed by atoms with Gasteiger partial charge in [-0.1, -0.05) is 18.2 Å². The molecule has 23 heavy (non-hydrogen) atoms. The second kappa shape index (κ2) is 4.12. The van der Waals surface area contributed by atoms with Gasteiger partial charge in [-0.25, -0.2) is 4.98 Å². The number of hydrogen-bond acceptors (Lipinski definition) is 2. The number of aromatic nitrogens is 2. The van der Waals surface area contributed by atoms with Crippen LogP contribution in [0.25, 0.3) is 27.7 Å². The third-order valence-electron chi connectivity index (χ3n) is 4.86. The van der Waals surface area contributed by atoms with Gasteiger partial charge in [0, 0.05) is 17.1 Å². The smallest absolute Gasteiger partial charge is 0.127 e. The number of rotatable bonds is 1. The lowest BCUT2D eigenvalue weighted by molar-refractivity contribution is 0.323. The van der Waals surface area contributed by atoms with E-state index in [9.17, 15) is 0 Å². The molecular formula is C20H18N2O. The Morgan fingerprint density at radius 2 is 1.91 bits per heavy atom. The molecule has 1 aromatic heterocycles. The van der Waals surface area contributed by atoms with Gasteiger partial charge < -0.3 is 9.14 Å². The number of para-hydroxylation sites is 1. The van der Waals surface area contributed by atoms with Crippen molar-refractivity contribution in [2.45, 2.75) is 32.5 Å². The van der Waals surface area contributed by atoms with E-state index in [-0.39, 0.29) is 11.7 Å². The van der Waals surface area contributed by atoms with Gasteiger partial charge in [0.25, 0.3) is 0 Å². The van der Waals surface area contributed by atoms with Crippen molar-refractivity contribution < 1.29 is 4.74 Å². The first-order chi connectivity index (χ1) is 11.0. The lowest BCUT2D eigenvalue weighted by Gasteiger charge is -2.13. The maximum Gasteiger partial charge on any atom is 0.127 e. The first kappa shape index (κ1) is 13.1. The molecule has 1 atom stereocenters. The highest BCUT2D eigenvalue weighted by Crippen LogP contribution is 2.49. The quantitative estimate of drug-likeness (QED) is 0.475. The summed E-state index contributed by atoms with van der Waals surface area (Å²) in [5.41, 5.74) is 6.86. The van der Waals surface area contributed by atoms with Crippen molar-refractivity contribution in [3.8, 4) is 11.3 Å². The molecule has 0 radical (unpaired) electrons. The third kappa shape index (κ3) is 1.77. The Morgan fingerprint density at radius 1 is 1.13 bits per heavy atom. The first-order valence-corrected chi connectivity index (χ1v) is 8.02. The number of fused-ring (bicyclic) bond motifs is 5. The van der Waals surface area contributed by atoms with Crippen molar-refractivity contribution in [3.63, 3.8) is 0 Å². The summed E-state index contributed by atoms with van der Waals surface area (Å²) in [6, 6.07) is 14.9. The maximum atomic E-state index is 5.88. The van der Waals surface area contributed by atoms with Crippen molar-refractivity contribution in [2.24, 2.45) is 0 Å². The van der Waals surface area contributed by atoms with Gasteiger partial charge in [-0.2, -0.15) is 0 Å². The largest absolute Gasteiger partial charge is 0.360 e. The van der Waals surface area contributed by atoms with E-state index in [0.29, 0.717) is 0 Å². The molecule has 3 aliphatic rings. The zero-order chi connectivity index (χ0) is 15.8. The van der Waals surface area contributed by atoms with E-state index in [2.05, 4.69) is 67.8 Å². The molecule has 1 fully saturated rings. The number of ether oxygens (including phenoxy) is 1. The van der Waals surface area contributed by atoms with Gasteiger partial charge in [0.1, 0.15) is 6.10 Å². The highest BCUT2D eigenvalue weighted by Gasteiger charge is 2.50. The Hall–Kier alpha value is -2.39. The molecule has 0 bridgehead atoms. The summed E-state index contributed by atoms with van der Waals surface area (Å²) < 4.78 is 8.12. The zero-order valence-electron chi connectivity index (χ0n) is 13.5. The SMILES string of the molecule is Cc1cc(C2OC2(C)C)n2ccc3c4ccccc4nc-3c2c1. The maximum absolute atomic E-state index is 5.88. The molecule has 3 aliphatic heterocycles. The van der Waals surface area contributed by atoms with E-state index >= 15 is 0 Å². The normalized spacial score (nSPS) is 19.7. The van der Waals surface area contributed by atoms with Crippen LogP contribution in [0.15, 0.2) is 48.7 Å². The van der Waals surface area contributed by atoms with Crippen LogP contribution in [0.3, 0.4) is 0 Å². The van der Waals surface area contributed by atoms with Crippen LogP contribution in [-0.4, -0.2) is 15.0 Å². The summed E-state index contributed by atoms with van der Waals surface area (Å²) in [6.07, 6.45) is 2.30. The summed E-state index contributed by atoms with van der Waals surface area (Å²) in [6.45, 7) is 6.42. The standard InChI is InChI=1S/C20H18N2O/c1-12-10-16-18-14(13-6-4-5-7-15(13)21-18)8-9-22(16)17(11-12)19-20(2,3)23-19/h4-11,19H,1-3H3. The van der Waals surface area contributed by atoms with Crippen molar-refractivity contribution in [3.05, 3.63) is 59.9 Å². The average molecular weight is 302 g/mol.